The molecule has 0 bridgehead atoms. The van der Waals surface area contributed by atoms with E-state index in [0.29, 0.717) is 0 Å². The monoisotopic (exact) mass is 234 g/mol. The number of nitrogens with zero attached hydrogens (tertiary/aromatic N) is 3. The van der Waals surface area contributed by atoms with Gasteiger partial charge in [0, 0.05) is 25.7 Å². The zero-order chi connectivity index (χ0) is 12.3. The summed E-state index contributed by atoms with van der Waals surface area (Å²) in [5.74, 6) is 0. The summed E-state index contributed by atoms with van der Waals surface area (Å²) in [6.45, 7) is 3.27. The summed E-state index contributed by atoms with van der Waals surface area (Å²) in [6.07, 6.45) is 4.24. The highest BCUT2D eigenvalue weighted by Crippen LogP contribution is 2.16. The molecule has 4 nitrogen and oxygen atoms in total. The first-order valence-corrected chi connectivity index (χ1v) is 6.24. The van der Waals surface area contributed by atoms with Crippen molar-refractivity contribution in [3.05, 3.63) is 24.0 Å². The third-order valence-electron chi connectivity index (χ3n) is 3.52. The van der Waals surface area contributed by atoms with Crippen molar-refractivity contribution in [2.45, 2.75) is 25.4 Å². The van der Waals surface area contributed by atoms with Crippen molar-refractivity contribution in [2.24, 2.45) is 0 Å². The summed E-state index contributed by atoms with van der Waals surface area (Å²) in [7, 11) is 4.34. The Bertz CT molecular complexity index is 339. The summed E-state index contributed by atoms with van der Waals surface area (Å²) in [5.41, 5.74) is 7.48. The van der Waals surface area contributed by atoms with E-state index in [0.717, 1.165) is 37.1 Å². The number of rotatable bonds is 3. The van der Waals surface area contributed by atoms with Crippen LogP contribution in [0.15, 0.2) is 18.3 Å². The molecule has 0 atom stereocenters. The minimum absolute atomic E-state index is 0.736. The van der Waals surface area contributed by atoms with Gasteiger partial charge in [0.2, 0.25) is 0 Å². The Morgan fingerprint density at radius 3 is 2.59 bits per heavy atom. The Labute approximate surface area is 103 Å². The van der Waals surface area contributed by atoms with E-state index >= 15 is 0 Å². The number of nitrogen functional groups attached to an aromatic ring is 1. The summed E-state index contributed by atoms with van der Waals surface area (Å²) in [5, 5.41) is 0. The maximum absolute atomic E-state index is 5.63. The lowest BCUT2D eigenvalue weighted by Crippen LogP contribution is -2.41. The lowest BCUT2D eigenvalue weighted by molar-refractivity contribution is 0.139. The molecule has 1 fully saturated rings. The maximum Gasteiger partial charge on any atom is 0.0545 e. The molecule has 1 aromatic rings. The molecule has 0 amide bonds. The molecule has 0 aliphatic carbocycles. The Morgan fingerprint density at radius 2 is 2.06 bits per heavy atom. The highest BCUT2D eigenvalue weighted by atomic mass is 15.2. The molecule has 0 radical (unpaired) electrons. The lowest BCUT2D eigenvalue weighted by Gasteiger charge is -2.34. The van der Waals surface area contributed by atoms with Gasteiger partial charge in [0.05, 0.1) is 17.6 Å². The van der Waals surface area contributed by atoms with Crippen LogP contribution in [0.1, 0.15) is 18.5 Å². The number of piperidine rings is 1. The van der Waals surface area contributed by atoms with Crippen molar-refractivity contribution in [1.29, 1.82) is 0 Å². The summed E-state index contributed by atoms with van der Waals surface area (Å²) >= 11 is 0. The number of pyridine rings is 1. The van der Waals surface area contributed by atoms with Crippen LogP contribution < -0.4 is 5.73 Å². The molecule has 2 N–H and O–H groups in total. The molecule has 1 aliphatic rings. The fourth-order valence-corrected chi connectivity index (χ4v) is 2.35. The number of nitrogens with two attached hydrogens (primary N) is 1. The van der Waals surface area contributed by atoms with Gasteiger partial charge in [-0.3, -0.25) is 9.88 Å². The first kappa shape index (κ1) is 12.3. The van der Waals surface area contributed by atoms with E-state index in [1.807, 2.05) is 12.1 Å². The Hall–Kier alpha value is -1.13. The molecule has 1 saturated heterocycles. The molecule has 0 unspecified atom stereocenters. The minimum atomic E-state index is 0.736. The molecule has 0 spiro atoms. The fourth-order valence-electron chi connectivity index (χ4n) is 2.35. The van der Waals surface area contributed by atoms with Crippen LogP contribution in [0.3, 0.4) is 0 Å². The average molecular weight is 234 g/mol. The third kappa shape index (κ3) is 3.41. The average Bonchev–Trinajstić information content (AvgIpc) is 2.33. The molecule has 1 aromatic heterocycles. The lowest BCUT2D eigenvalue weighted by atomic mass is 10.0. The van der Waals surface area contributed by atoms with Gasteiger partial charge in [0.15, 0.2) is 0 Å². The van der Waals surface area contributed by atoms with Crippen LogP contribution in [0.4, 0.5) is 5.69 Å². The highest BCUT2D eigenvalue weighted by Gasteiger charge is 2.20. The molecule has 0 saturated carbocycles. The second-order valence-electron chi connectivity index (χ2n) is 5.05. The maximum atomic E-state index is 5.63. The predicted molar refractivity (Wildman–Crippen MR) is 70.6 cm³/mol. The smallest absolute Gasteiger partial charge is 0.0545 e. The quantitative estimate of drug-likeness (QED) is 0.853. The molecule has 0 aromatic carbocycles. The first-order valence-electron chi connectivity index (χ1n) is 6.24. The van der Waals surface area contributed by atoms with Crippen molar-refractivity contribution >= 4 is 5.69 Å². The summed E-state index contributed by atoms with van der Waals surface area (Å²) < 4.78 is 0. The number of aromatic nitrogens is 1. The number of anilines is 1. The van der Waals surface area contributed by atoms with Gasteiger partial charge in [0.1, 0.15) is 0 Å². The third-order valence-corrected chi connectivity index (χ3v) is 3.52. The van der Waals surface area contributed by atoms with E-state index in [-0.39, 0.29) is 0 Å². The molecule has 17 heavy (non-hydrogen) atoms. The van der Waals surface area contributed by atoms with Crippen LogP contribution in [0, 0.1) is 0 Å². The molecule has 4 heteroatoms. The summed E-state index contributed by atoms with van der Waals surface area (Å²) in [6, 6.07) is 4.69. The Kier molecular flexibility index (Phi) is 3.97. The molecule has 94 valence electrons. The molecular weight excluding hydrogens is 212 g/mol. The van der Waals surface area contributed by atoms with Crippen molar-refractivity contribution in [3.8, 4) is 0 Å². The molecular formula is C13H22N4. The van der Waals surface area contributed by atoms with E-state index in [4.69, 9.17) is 5.73 Å². The van der Waals surface area contributed by atoms with E-state index in [1.165, 1.54) is 12.8 Å². The predicted octanol–water partition coefficient (Wildman–Crippen LogP) is 1.19. The van der Waals surface area contributed by atoms with Crippen molar-refractivity contribution in [1.82, 2.24) is 14.8 Å². The van der Waals surface area contributed by atoms with Gasteiger partial charge >= 0.3 is 0 Å². The normalized spacial score (nSPS) is 18.8. The molecule has 2 rings (SSSR count). The van der Waals surface area contributed by atoms with Gasteiger partial charge in [-0.05, 0) is 39.1 Å². The van der Waals surface area contributed by atoms with Crippen LogP contribution in [0.25, 0.3) is 0 Å². The largest absolute Gasteiger partial charge is 0.397 e. The number of hydrogen-bond donors (Lipinski definition) is 1. The fraction of sp³-hybridized carbons (Fsp3) is 0.615. The van der Waals surface area contributed by atoms with Crippen LogP contribution in [0.5, 0.6) is 0 Å². The number of likely N-dealkylation sites (tertiary alicyclic amines) is 1. The zero-order valence-electron chi connectivity index (χ0n) is 10.8. The number of hydrogen-bond acceptors (Lipinski definition) is 4. The SMILES string of the molecule is CN(C)C1CCN(Cc2ccc(N)cn2)CC1. The standard InChI is InChI=1S/C13H22N4/c1-16(2)13-5-7-17(8-6-13)10-12-4-3-11(14)9-15-12/h3-4,9,13H,5-8,10,14H2,1-2H3. The Balaban J connectivity index is 1.84. The zero-order valence-corrected chi connectivity index (χ0v) is 10.8. The van der Waals surface area contributed by atoms with Gasteiger partial charge in [-0.15, -0.1) is 0 Å². The van der Waals surface area contributed by atoms with Crippen LogP contribution >= 0.6 is 0 Å². The highest BCUT2D eigenvalue weighted by molar-refractivity contribution is 5.34. The Morgan fingerprint density at radius 1 is 1.35 bits per heavy atom. The second-order valence-corrected chi connectivity index (χ2v) is 5.05. The van der Waals surface area contributed by atoms with Crippen LogP contribution in [-0.4, -0.2) is 48.0 Å². The van der Waals surface area contributed by atoms with Gasteiger partial charge in [-0.2, -0.15) is 0 Å². The van der Waals surface area contributed by atoms with E-state index in [1.54, 1.807) is 6.20 Å². The van der Waals surface area contributed by atoms with Gasteiger partial charge in [-0.1, -0.05) is 0 Å². The topological polar surface area (TPSA) is 45.4 Å². The molecule has 2 heterocycles. The van der Waals surface area contributed by atoms with Gasteiger partial charge < -0.3 is 10.6 Å². The van der Waals surface area contributed by atoms with Crippen molar-refractivity contribution in [3.63, 3.8) is 0 Å². The van der Waals surface area contributed by atoms with Crippen LogP contribution in [0.2, 0.25) is 0 Å². The van der Waals surface area contributed by atoms with E-state index in [2.05, 4.69) is 28.9 Å². The van der Waals surface area contributed by atoms with Gasteiger partial charge in [0.25, 0.3) is 0 Å². The van der Waals surface area contributed by atoms with Crippen molar-refractivity contribution in [2.75, 3.05) is 32.9 Å². The summed E-state index contributed by atoms with van der Waals surface area (Å²) in [4.78, 5) is 9.15. The van der Waals surface area contributed by atoms with Crippen LogP contribution in [-0.2, 0) is 6.54 Å². The van der Waals surface area contributed by atoms with E-state index < -0.39 is 0 Å². The second kappa shape index (κ2) is 5.47. The first-order chi connectivity index (χ1) is 8.15. The minimum Gasteiger partial charge on any atom is -0.397 e. The van der Waals surface area contributed by atoms with Crippen molar-refractivity contribution < 1.29 is 0 Å². The van der Waals surface area contributed by atoms with Gasteiger partial charge in [-0.25, -0.2) is 0 Å². The molecule has 1 aliphatic heterocycles. The van der Waals surface area contributed by atoms with E-state index in [9.17, 15) is 0 Å².